The lowest BCUT2D eigenvalue weighted by molar-refractivity contribution is 0.0194. The van der Waals surface area contributed by atoms with E-state index in [1.807, 2.05) is 25.7 Å². The highest BCUT2D eigenvalue weighted by molar-refractivity contribution is 5.69. The van der Waals surface area contributed by atoms with E-state index in [0.717, 1.165) is 26.1 Å². The van der Waals surface area contributed by atoms with Gasteiger partial charge in [0.05, 0.1) is 6.04 Å². The number of nitrogens with zero attached hydrogens (tertiary/aromatic N) is 1. The molecule has 0 aromatic carbocycles. The molecule has 1 aliphatic carbocycles. The molecule has 20 heavy (non-hydrogen) atoms. The van der Waals surface area contributed by atoms with Crippen molar-refractivity contribution in [3.05, 3.63) is 23.8 Å². The van der Waals surface area contributed by atoms with Gasteiger partial charge in [0.1, 0.15) is 5.60 Å². The summed E-state index contributed by atoms with van der Waals surface area (Å²) in [5.41, 5.74) is 0.968. The third-order valence-corrected chi connectivity index (χ3v) is 4.45. The Hall–Kier alpha value is -1.29. The first-order valence-corrected chi connectivity index (χ1v) is 7.54. The molecule has 0 aromatic heterocycles. The molecule has 3 atom stereocenters. The van der Waals surface area contributed by atoms with Crippen molar-refractivity contribution < 1.29 is 9.53 Å². The fraction of sp³-hybridized carbons (Fsp3) is 0.688. The third kappa shape index (κ3) is 2.49. The van der Waals surface area contributed by atoms with Gasteiger partial charge in [0.15, 0.2) is 0 Å². The Morgan fingerprint density at radius 2 is 2.20 bits per heavy atom. The van der Waals surface area contributed by atoms with Crippen molar-refractivity contribution in [1.82, 2.24) is 10.2 Å². The summed E-state index contributed by atoms with van der Waals surface area (Å²) >= 11 is 0. The SMILES string of the molecule is CC(C)(C)OC(=O)N1CC(C2=CC=C2)[C@@H]2CCNC[C@@H]21. The van der Waals surface area contributed by atoms with Crippen molar-refractivity contribution in [1.29, 1.82) is 0 Å². The van der Waals surface area contributed by atoms with Gasteiger partial charge in [-0.05, 0) is 45.2 Å². The lowest BCUT2D eigenvalue weighted by atomic mass is 9.79. The summed E-state index contributed by atoms with van der Waals surface area (Å²) in [5.74, 6) is 1.06. The fourth-order valence-electron chi connectivity index (χ4n) is 3.49. The monoisotopic (exact) mass is 276 g/mol. The van der Waals surface area contributed by atoms with E-state index < -0.39 is 5.60 Å². The number of amides is 1. The van der Waals surface area contributed by atoms with Crippen molar-refractivity contribution in [2.45, 2.75) is 38.8 Å². The Morgan fingerprint density at radius 1 is 1.45 bits per heavy atom. The van der Waals surface area contributed by atoms with Crippen LogP contribution < -0.4 is 5.32 Å². The number of likely N-dealkylation sites (tertiary alicyclic amines) is 1. The molecule has 0 radical (unpaired) electrons. The Balaban J connectivity index is 1.75. The Labute approximate surface area is 120 Å². The lowest BCUT2D eigenvalue weighted by Gasteiger charge is -2.34. The number of piperidine rings is 1. The summed E-state index contributed by atoms with van der Waals surface area (Å²) in [6.45, 7) is 8.50. The van der Waals surface area contributed by atoms with Crippen LogP contribution in [0.4, 0.5) is 4.79 Å². The van der Waals surface area contributed by atoms with E-state index in [9.17, 15) is 4.79 Å². The van der Waals surface area contributed by atoms with E-state index in [4.69, 9.17) is 4.74 Å². The van der Waals surface area contributed by atoms with Crippen molar-refractivity contribution in [3.63, 3.8) is 0 Å². The van der Waals surface area contributed by atoms with Crippen LogP contribution >= 0.6 is 0 Å². The average molecular weight is 276 g/mol. The van der Waals surface area contributed by atoms with Gasteiger partial charge in [-0.25, -0.2) is 4.79 Å². The number of hydrogen-bond acceptors (Lipinski definition) is 3. The van der Waals surface area contributed by atoms with Crippen LogP contribution in [-0.2, 0) is 4.74 Å². The maximum Gasteiger partial charge on any atom is 0.410 e. The highest BCUT2D eigenvalue weighted by atomic mass is 16.6. The Bertz CT molecular complexity index is 462. The van der Waals surface area contributed by atoms with E-state index in [1.54, 1.807) is 0 Å². The van der Waals surface area contributed by atoms with Crippen molar-refractivity contribution in [2.75, 3.05) is 19.6 Å². The number of rotatable bonds is 1. The van der Waals surface area contributed by atoms with Gasteiger partial charge < -0.3 is 15.0 Å². The number of carbonyl (C=O) groups excluding carboxylic acids is 1. The largest absolute Gasteiger partial charge is 0.444 e. The van der Waals surface area contributed by atoms with Crippen molar-refractivity contribution in [2.24, 2.45) is 11.8 Å². The lowest BCUT2D eigenvalue weighted by Crippen LogP contribution is -2.49. The fourth-order valence-corrected chi connectivity index (χ4v) is 3.49. The third-order valence-electron chi connectivity index (χ3n) is 4.45. The minimum Gasteiger partial charge on any atom is -0.444 e. The van der Waals surface area contributed by atoms with Crippen molar-refractivity contribution in [3.8, 4) is 0 Å². The number of fused-ring (bicyclic) bond motifs is 1. The zero-order valence-corrected chi connectivity index (χ0v) is 12.6. The molecule has 2 fully saturated rings. The maximum atomic E-state index is 12.4. The molecule has 4 nitrogen and oxygen atoms in total. The quantitative estimate of drug-likeness (QED) is 0.799. The van der Waals surface area contributed by atoms with Crippen LogP contribution in [0.2, 0.25) is 0 Å². The smallest absolute Gasteiger partial charge is 0.410 e. The molecule has 0 spiro atoms. The molecule has 0 saturated carbocycles. The van der Waals surface area contributed by atoms with Gasteiger partial charge in [0.25, 0.3) is 0 Å². The second-order valence-electron chi connectivity index (χ2n) is 6.99. The molecule has 1 amide bonds. The molecule has 2 aliphatic heterocycles. The van der Waals surface area contributed by atoms with Crippen LogP contribution in [0.15, 0.2) is 23.8 Å². The summed E-state index contributed by atoms with van der Waals surface area (Å²) in [5, 5.41) is 3.41. The average Bonchev–Trinajstić information content (AvgIpc) is 2.65. The van der Waals surface area contributed by atoms with Crippen LogP contribution in [0, 0.1) is 11.8 Å². The molecule has 2 saturated heterocycles. The zero-order valence-electron chi connectivity index (χ0n) is 12.6. The van der Waals surface area contributed by atoms with E-state index in [-0.39, 0.29) is 12.1 Å². The molecule has 0 bridgehead atoms. The van der Waals surface area contributed by atoms with E-state index in [1.165, 1.54) is 5.57 Å². The molecule has 4 heteroatoms. The van der Waals surface area contributed by atoms with Crippen LogP contribution in [-0.4, -0.2) is 42.3 Å². The molecule has 3 aliphatic rings. The van der Waals surface area contributed by atoms with E-state index in [2.05, 4.69) is 23.5 Å². The van der Waals surface area contributed by atoms with Crippen LogP contribution in [0.5, 0.6) is 0 Å². The van der Waals surface area contributed by atoms with E-state index in [0.29, 0.717) is 11.8 Å². The molecular weight excluding hydrogens is 252 g/mol. The summed E-state index contributed by atoms with van der Waals surface area (Å²) in [6.07, 6.45) is 7.43. The molecule has 2 heterocycles. The van der Waals surface area contributed by atoms with Gasteiger partial charge in [0.2, 0.25) is 0 Å². The molecule has 1 unspecified atom stereocenters. The standard InChI is InChI=1S/C16H24N2O2/c1-16(2,3)20-15(19)18-10-13(11-5-4-6-11)12-7-8-17-9-14(12)18/h4-6,12-14,17H,7-10H2,1-3H3/t12-,13?,14-/m0/s1. The summed E-state index contributed by atoms with van der Waals surface area (Å²) in [4.78, 5) is 14.4. The van der Waals surface area contributed by atoms with Gasteiger partial charge in [-0.1, -0.05) is 18.2 Å². The Morgan fingerprint density at radius 3 is 2.80 bits per heavy atom. The molecule has 110 valence electrons. The van der Waals surface area contributed by atoms with Crippen LogP contribution in [0.25, 0.3) is 0 Å². The molecular formula is C16H24N2O2. The Kier molecular flexibility index (Phi) is 3.36. The van der Waals surface area contributed by atoms with Gasteiger partial charge in [-0.3, -0.25) is 0 Å². The van der Waals surface area contributed by atoms with E-state index >= 15 is 0 Å². The number of nitrogens with one attached hydrogen (secondary N) is 1. The van der Waals surface area contributed by atoms with Crippen LogP contribution in [0.1, 0.15) is 27.2 Å². The number of hydrogen-bond donors (Lipinski definition) is 1. The van der Waals surface area contributed by atoms with Gasteiger partial charge in [-0.2, -0.15) is 0 Å². The second-order valence-corrected chi connectivity index (χ2v) is 6.99. The predicted octanol–water partition coefficient (Wildman–Crippen LogP) is 2.33. The first-order valence-electron chi connectivity index (χ1n) is 7.54. The number of ether oxygens (including phenoxy) is 1. The predicted molar refractivity (Wildman–Crippen MR) is 78.4 cm³/mol. The molecule has 0 aromatic rings. The highest BCUT2D eigenvalue weighted by Gasteiger charge is 2.47. The molecule has 3 rings (SSSR count). The number of carbonyl (C=O) groups is 1. The summed E-state index contributed by atoms with van der Waals surface area (Å²) < 4.78 is 5.57. The van der Waals surface area contributed by atoms with Gasteiger partial charge in [-0.15, -0.1) is 0 Å². The van der Waals surface area contributed by atoms with Crippen LogP contribution in [0.3, 0.4) is 0 Å². The first-order chi connectivity index (χ1) is 9.46. The first kappa shape index (κ1) is 13.7. The normalized spacial score (nSPS) is 32.5. The minimum atomic E-state index is -0.428. The van der Waals surface area contributed by atoms with Gasteiger partial charge >= 0.3 is 6.09 Å². The maximum absolute atomic E-state index is 12.4. The van der Waals surface area contributed by atoms with Crippen molar-refractivity contribution >= 4 is 6.09 Å². The number of allylic oxidation sites excluding steroid dienone is 3. The second kappa shape index (κ2) is 4.92. The minimum absolute atomic E-state index is 0.164. The topological polar surface area (TPSA) is 41.6 Å². The highest BCUT2D eigenvalue weighted by Crippen LogP contribution is 2.40. The summed E-state index contributed by atoms with van der Waals surface area (Å²) in [6, 6.07) is 0.276. The molecule has 1 N–H and O–H groups in total. The van der Waals surface area contributed by atoms with Gasteiger partial charge in [0, 0.05) is 19.0 Å². The summed E-state index contributed by atoms with van der Waals surface area (Å²) in [7, 11) is 0. The zero-order chi connectivity index (χ0) is 14.3.